The number of hydrogen-bond donors (Lipinski definition) is 0. The van der Waals surface area contributed by atoms with Crippen molar-refractivity contribution in [3.63, 3.8) is 0 Å². The maximum Gasteiger partial charge on any atom is 0.0886 e. The summed E-state index contributed by atoms with van der Waals surface area (Å²) in [6, 6.07) is 58.3. The first-order valence-electron chi connectivity index (χ1n) is 21.7. The van der Waals surface area contributed by atoms with E-state index in [-0.39, 0.29) is 0 Å². The smallest absolute Gasteiger partial charge is 0.0886 e. The molecule has 308 valence electrons. The van der Waals surface area contributed by atoms with E-state index in [1.807, 2.05) is 134 Å². The van der Waals surface area contributed by atoms with Gasteiger partial charge in [0, 0.05) is 83.0 Å². The molecule has 0 aliphatic carbocycles. The second-order valence-electron chi connectivity index (χ2n) is 16.1. The Balaban J connectivity index is 0.809. The minimum Gasteiger partial charge on any atom is -0.256 e. The van der Waals surface area contributed by atoms with Crippen LogP contribution in [0.4, 0.5) is 0 Å². The minimum atomic E-state index is 0.799. The van der Waals surface area contributed by atoms with E-state index in [1.165, 1.54) is 32.3 Å². The maximum absolute atomic E-state index is 4.88. The third kappa shape index (κ3) is 7.28. The molecule has 4 aromatic carbocycles. The van der Waals surface area contributed by atoms with Crippen molar-refractivity contribution in [2.75, 3.05) is 0 Å². The molecule has 0 atom stereocenters. The van der Waals surface area contributed by atoms with Gasteiger partial charge in [-0.1, -0.05) is 72.8 Å². The number of hydrogen-bond acceptors (Lipinski definition) is 8. The van der Waals surface area contributed by atoms with Gasteiger partial charge < -0.3 is 0 Å². The lowest BCUT2D eigenvalue weighted by Gasteiger charge is -2.14. The number of rotatable bonds is 8. The molecule has 0 fully saturated rings. The highest BCUT2D eigenvalue weighted by Gasteiger charge is 2.14. The Bertz CT molecular complexity index is 3430. The first kappa shape index (κ1) is 38.5. The van der Waals surface area contributed by atoms with Crippen LogP contribution in [0.3, 0.4) is 0 Å². The summed E-state index contributed by atoms with van der Waals surface area (Å²) in [5.41, 5.74) is 14.8. The highest BCUT2D eigenvalue weighted by molar-refractivity contribution is 6.26. The normalized spacial score (nSPS) is 11.3. The molecule has 0 saturated carbocycles. The van der Waals surface area contributed by atoms with Gasteiger partial charge in [-0.05, 0) is 141 Å². The minimum absolute atomic E-state index is 0.799. The average molecular weight is 845 g/mol. The predicted octanol–water partition coefficient (Wildman–Crippen LogP) is 13.6. The first-order chi connectivity index (χ1) is 32.7. The molecule has 8 heteroatoms. The van der Waals surface area contributed by atoms with Crippen molar-refractivity contribution in [3.8, 4) is 90.1 Å². The van der Waals surface area contributed by atoms with Crippen LogP contribution in [0.5, 0.6) is 0 Å². The lowest BCUT2D eigenvalue weighted by atomic mass is 9.90. The summed E-state index contributed by atoms with van der Waals surface area (Å²) >= 11 is 0. The van der Waals surface area contributed by atoms with E-state index < -0.39 is 0 Å². The van der Waals surface area contributed by atoms with Gasteiger partial charge in [0.2, 0.25) is 0 Å². The molecule has 0 radical (unpaired) electrons. The highest BCUT2D eigenvalue weighted by Crippen LogP contribution is 2.39. The molecule has 0 amide bonds. The summed E-state index contributed by atoms with van der Waals surface area (Å²) in [5, 5.41) is 7.22. The van der Waals surface area contributed by atoms with Crippen LogP contribution in [-0.4, -0.2) is 39.9 Å². The molecular formula is C58H36N8. The molecule has 0 saturated heterocycles. The lowest BCUT2D eigenvalue weighted by molar-refractivity contribution is 1.23. The van der Waals surface area contributed by atoms with Crippen LogP contribution in [0.25, 0.3) is 122 Å². The topological polar surface area (TPSA) is 103 Å². The van der Waals surface area contributed by atoms with Crippen LogP contribution in [0.1, 0.15) is 0 Å². The van der Waals surface area contributed by atoms with E-state index in [0.717, 1.165) is 90.1 Å². The fourth-order valence-electron chi connectivity index (χ4n) is 8.64. The second-order valence-corrected chi connectivity index (χ2v) is 16.1. The van der Waals surface area contributed by atoms with Crippen LogP contribution in [0.2, 0.25) is 0 Å². The van der Waals surface area contributed by atoms with Gasteiger partial charge in [-0.3, -0.25) is 39.9 Å². The van der Waals surface area contributed by atoms with E-state index in [9.17, 15) is 0 Å². The lowest BCUT2D eigenvalue weighted by Crippen LogP contribution is -1.91. The summed E-state index contributed by atoms with van der Waals surface area (Å²) < 4.78 is 0. The molecule has 8 heterocycles. The Labute approximate surface area is 380 Å². The fourth-order valence-corrected chi connectivity index (χ4v) is 8.64. The Hall–Kier alpha value is -9.14. The predicted molar refractivity (Wildman–Crippen MR) is 265 cm³/mol. The van der Waals surface area contributed by atoms with E-state index in [2.05, 4.69) is 92.7 Å². The Kier molecular flexibility index (Phi) is 9.65. The van der Waals surface area contributed by atoms with Gasteiger partial charge in [-0.25, -0.2) is 0 Å². The van der Waals surface area contributed by atoms with Crippen molar-refractivity contribution in [3.05, 3.63) is 219 Å². The molecule has 0 aliphatic rings. The highest BCUT2D eigenvalue weighted by atomic mass is 14.8. The molecule has 0 N–H and O–H groups in total. The maximum atomic E-state index is 4.88. The van der Waals surface area contributed by atoms with Gasteiger partial charge in [-0.15, -0.1) is 0 Å². The van der Waals surface area contributed by atoms with Crippen LogP contribution in [-0.2, 0) is 0 Å². The SMILES string of the molecule is c1ccc(-c2ccc(-c3ccc(-c4ccc(-c5ccc6c7ccccc7c7ccc(-c8ccc(-c9ccc(-c%10ccc(-c%11ccccn%11)cn%10)cn9)nc8)cc7c6c5)cn4)nc3)nc2)nc1. The zero-order chi connectivity index (χ0) is 43.8. The van der Waals surface area contributed by atoms with Crippen LogP contribution >= 0.6 is 0 Å². The molecule has 12 rings (SSSR count). The Morgan fingerprint density at radius 2 is 0.470 bits per heavy atom. The van der Waals surface area contributed by atoms with Crippen molar-refractivity contribution in [1.82, 2.24) is 39.9 Å². The third-order valence-corrected chi connectivity index (χ3v) is 12.1. The van der Waals surface area contributed by atoms with Crippen molar-refractivity contribution >= 4 is 32.3 Å². The molecule has 0 bridgehead atoms. The van der Waals surface area contributed by atoms with Gasteiger partial charge >= 0.3 is 0 Å². The van der Waals surface area contributed by atoms with Crippen molar-refractivity contribution in [2.24, 2.45) is 0 Å². The van der Waals surface area contributed by atoms with Gasteiger partial charge in [0.25, 0.3) is 0 Å². The van der Waals surface area contributed by atoms with E-state index >= 15 is 0 Å². The molecule has 0 spiro atoms. The standard InChI is InChI=1S/C58H36N8/c1-2-8-46-45(7-1)47-19-11-37(39-13-23-55(63-31-39)57-25-17-43(35-65-57)53-21-15-41(33-61-53)51-9-3-5-27-59-51)29-49(47)50-30-38(12-20-48(46)50)40-14-24-56(64-32-40)58-26-18-44(36-66-58)54-22-16-42(34-62-54)52-10-4-6-28-60-52/h1-36H. The van der Waals surface area contributed by atoms with Crippen molar-refractivity contribution < 1.29 is 0 Å². The van der Waals surface area contributed by atoms with E-state index in [0.29, 0.717) is 0 Å². The van der Waals surface area contributed by atoms with Gasteiger partial charge in [-0.2, -0.15) is 0 Å². The summed E-state index contributed by atoms with van der Waals surface area (Å²) in [4.78, 5) is 37.5. The van der Waals surface area contributed by atoms with Crippen molar-refractivity contribution in [2.45, 2.75) is 0 Å². The fraction of sp³-hybridized carbons (Fsp3) is 0. The summed E-state index contributed by atoms with van der Waals surface area (Å²) in [7, 11) is 0. The molecule has 8 nitrogen and oxygen atoms in total. The number of benzene rings is 4. The van der Waals surface area contributed by atoms with Crippen molar-refractivity contribution in [1.29, 1.82) is 0 Å². The molecule has 0 unspecified atom stereocenters. The number of aromatic nitrogens is 8. The number of pyridine rings is 8. The number of nitrogens with zero attached hydrogens (tertiary/aromatic N) is 8. The van der Waals surface area contributed by atoms with Gasteiger partial charge in [0.05, 0.1) is 45.6 Å². The molecule has 0 aliphatic heterocycles. The first-order valence-corrected chi connectivity index (χ1v) is 21.7. The molecular weight excluding hydrogens is 809 g/mol. The summed E-state index contributed by atoms with van der Waals surface area (Å²) in [6.45, 7) is 0. The monoisotopic (exact) mass is 844 g/mol. The molecule has 66 heavy (non-hydrogen) atoms. The number of fused-ring (bicyclic) bond motifs is 6. The summed E-state index contributed by atoms with van der Waals surface area (Å²) in [6.07, 6.45) is 14.9. The zero-order valence-corrected chi connectivity index (χ0v) is 35.4. The average Bonchev–Trinajstić information content (AvgIpc) is 3.41. The molecule has 8 aromatic heterocycles. The van der Waals surface area contributed by atoms with Gasteiger partial charge in [0.1, 0.15) is 0 Å². The third-order valence-electron chi connectivity index (χ3n) is 12.1. The van der Waals surface area contributed by atoms with Gasteiger partial charge in [0.15, 0.2) is 0 Å². The van der Waals surface area contributed by atoms with E-state index in [1.54, 1.807) is 12.4 Å². The molecule has 12 aromatic rings. The largest absolute Gasteiger partial charge is 0.256 e. The van der Waals surface area contributed by atoms with Crippen LogP contribution < -0.4 is 0 Å². The second kappa shape index (κ2) is 16.5. The van der Waals surface area contributed by atoms with Crippen LogP contribution in [0.15, 0.2) is 219 Å². The Morgan fingerprint density at radius 1 is 0.182 bits per heavy atom. The quantitative estimate of drug-likeness (QED) is 0.139. The zero-order valence-electron chi connectivity index (χ0n) is 35.4. The van der Waals surface area contributed by atoms with Crippen LogP contribution in [0, 0.1) is 0 Å². The Morgan fingerprint density at radius 3 is 0.788 bits per heavy atom. The summed E-state index contributed by atoms with van der Waals surface area (Å²) in [5.74, 6) is 0. The van der Waals surface area contributed by atoms with E-state index in [4.69, 9.17) is 19.9 Å².